The minimum absolute atomic E-state index is 0.412. The third-order valence-electron chi connectivity index (χ3n) is 2.32. The number of carbonyl (C=O) groups is 2. The van der Waals surface area contributed by atoms with Crippen LogP contribution in [0.4, 0.5) is 0 Å². The van der Waals surface area contributed by atoms with Gasteiger partial charge in [-0.3, -0.25) is 9.59 Å². The zero-order valence-electron chi connectivity index (χ0n) is 7.69. The van der Waals surface area contributed by atoms with Gasteiger partial charge >= 0.3 is 11.9 Å². The molecule has 1 N–H and O–H groups in total. The van der Waals surface area contributed by atoms with Gasteiger partial charge in [-0.25, -0.2) is 0 Å². The summed E-state index contributed by atoms with van der Waals surface area (Å²) in [6.07, 6.45) is 0. The first-order chi connectivity index (χ1) is 6.06. The highest BCUT2D eigenvalue weighted by Crippen LogP contribution is 2.23. The van der Waals surface area contributed by atoms with Gasteiger partial charge in [-0.15, -0.1) is 0 Å². The van der Waals surface area contributed by atoms with Crippen LogP contribution in [-0.2, 0) is 14.3 Å². The number of carboxylic acids is 1. The van der Waals surface area contributed by atoms with Gasteiger partial charge in [0.1, 0.15) is 0 Å². The first kappa shape index (κ1) is 9.98. The maximum absolute atomic E-state index is 11.2. The number of hydrogen-bond donors (Lipinski definition) is 1. The van der Waals surface area contributed by atoms with E-state index in [0.29, 0.717) is 13.1 Å². The predicted molar refractivity (Wildman–Crippen MR) is 44.1 cm³/mol. The molecule has 0 unspecified atom stereocenters. The molecule has 2 atom stereocenters. The molecule has 1 fully saturated rings. The van der Waals surface area contributed by atoms with E-state index in [1.54, 1.807) is 7.05 Å². The summed E-state index contributed by atoms with van der Waals surface area (Å²) in [5.41, 5.74) is 0. The van der Waals surface area contributed by atoms with Crippen LogP contribution in [0, 0.1) is 11.8 Å². The van der Waals surface area contributed by atoms with Crippen molar-refractivity contribution in [1.29, 1.82) is 0 Å². The Hall–Kier alpha value is -1.10. The van der Waals surface area contributed by atoms with E-state index in [1.807, 2.05) is 4.90 Å². The Balaban J connectivity index is 2.71. The minimum Gasteiger partial charge on any atom is -0.481 e. The quantitative estimate of drug-likeness (QED) is 0.586. The van der Waals surface area contributed by atoms with Crippen LogP contribution in [0.3, 0.4) is 0 Å². The highest BCUT2D eigenvalue weighted by atomic mass is 16.5. The minimum atomic E-state index is -0.931. The number of esters is 1. The second-order valence-corrected chi connectivity index (χ2v) is 3.30. The number of likely N-dealkylation sites (tertiary alicyclic amines) is 1. The highest BCUT2D eigenvalue weighted by Gasteiger charge is 2.41. The van der Waals surface area contributed by atoms with Gasteiger partial charge in [-0.05, 0) is 7.05 Å². The Morgan fingerprint density at radius 1 is 1.38 bits per heavy atom. The normalized spacial score (nSPS) is 28.8. The summed E-state index contributed by atoms with van der Waals surface area (Å²) < 4.78 is 4.53. The Morgan fingerprint density at radius 2 is 1.92 bits per heavy atom. The zero-order chi connectivity index (χ0) is 10.0. The van der Waals surface area contributed by atoms with E-state index in [9.17, 15) is 9.59 Å². The molecule has 1 aliphatic heterocycles. The van der Waals surface area contributed by atoms with Gasteiger partial charge in [0.25, 0.3) is 0 Å². The van der Waals surface area contributed by atoms with Crippen molar-refractivity contribution in [3.63, 3.8) is 0 Å². The fourth-order valence-corrected chi connectivity index (χ4v) is 1.64. The number of ether oxygens (including phenoxy) is 1. The van der Waals surface area contributed by atoms with Crippen molar-refractivity contribution in [2.75, 3.05) is 27.2 Å². The number of rotatable bonds is 2. The molecule has 0 bridgehead atoms. The van der Waals surface area contributed by atoms with E-state index in [2.05, 4.69) is 4.74 Å². The average Bonchev–Trinajstić information content (AvgIpc) is 2.46. The lowest BCUT2D eigenvalue weighted by molar-refractivity contribution is -0.153. The molecule has 0 aromatic heterocycles. The summed E-state index contributed by atoms with van der Waals surface area (Å²) in [4.78, 5) is 23.7. The molecule has 0 radical (unpaired) electrons. The van der Waals surface area contributed by atoms with E-state index in [0.717, 1.165) is 0 Å². The Morgan fingerprint density at radius 3 is 2.38 bits per heavy atom. The Labute approximate surface area is 76.3 Å². The van der Waals surface area contributed by atoms with E-state index < -0.39 is 23.8 Å². The van der Waals surface area contributed by atoms with Crippen LogP contribution in [0.5, 0.6) is 0 Å². The SMILES string of the molecule is COC(=O)[C@@H]1CN(C)C[C@H]1C(=O)O. The average molecular weight is 187 g/mol. The third-order valence-corrected chi connectivity index (χ3v) is 2.32. The lowest BCUT2D eigenvalue weighted by Crippen LogP contribution is -2.29. The van der Waals surface area contributed by atoms with Gasteiger partial charge in [0, 0.05) is 13.1 Å². The number of carbonyl (C=O) groups excluding carboxylic acids is 1. The second kappa shape index (κ2) is 3.74. The molecule has 5 nitrogen and oxygen atoms in total. The summed E-state index contributed by atoms with van der Waals surface area (Å²) >= 11 is 0. The molecule has 1 rings (SSSR count). The molecule has 1 heterocycles. The molecule has 5 heteroatoms. The van der Waals surface area contributed by atoms with Gasteiger partial charge in [-0.2, -0.15) is 0 Å². The maximum Gasteiger partial charge on any atom is 0.310 e. The molecule has 0 spiro atoms. The molecular weight excluding hydrogens is 174 g/mol. The topological polar surface area (TPSA) is 66.8 Å². The molecule has 0 amide bonds. The Kier molecular flexibility index (Phi) is 2.87. The number of methoxy groups -OCH3 is 1. The first-order valence-electron chi connectivity index (χ1n) is 4.05. The van der Waals surface area contributed by atoms with Gasteiger partial charge in [-0.1, -0.05) is 0 Å². The largest absolute Gasteiger partial charge is 0.481 e. The van der Waals surface area contributed by atoms with Crippen LogP contribution in [0.2, 0.25) is 0 Å². The molecular formula is C8H13NO4. The lowest BCUT2D eigenvalue weighted by Gasteiger charge is -2.10. The first-order valence-corrected chi connectivity index (χ1v) is 4.05. The van der Waals surface area contributed by atoms with Crippen LogP contribution in [0.15, 0.2) is 0 Å². The molecule has 0 aromatic carbocycles. The van der Waals surface area contributed by atoms with Crippen molar-refractivity contribution in [2.24, 2.45) is 11.8 Å². The van der Waals surface area contributed by atoms with E-state index in [-0.39, 0.29) is 0 Å². The van der Waals surface area contributed by atoms with Crippen molar-refractivity contribution < 1.29 is 19.4 Å². The highest BCUT2D eigenvalue weighted by molar-refractivity contribution is 5.82. The van der Waals surface area contributed by atoms with Crippen LogP contribution < -0.4 is 0 Å². The fraction of sp³-hybridized carbons (Fsp3) is 0.750. The van der Waals surface area contributed by atoms with Crippen molar-refractivity contribution in [3.8, 4) is 0 Å². The zero-order valence-corrected chi connectivity index (χ0v) is 7.69. The van der Waals surface area contributed by atoms with Gasteiger partial charge in [0.05, 0.1) is 18.9 Å². The molecule has 1 aliphatic rings. The smallest absolute Gasteiger partial charge is 0.310 e. The van der Waals surface area contributed by atoms with Crippen molar-refractivity contribution in [1.82, 2.24) is 4.90 Å². The van der Waals surface area contributed by atoms with E-state index in [4.69, 9.17) is 5.11 Å². The number of carboxylic acid groups (broad SMARTS) is 1. The van der Waals surface area contributed by atoms with Crippen molar-refractivity contribution >= 4 is 11.9 Å². The van der Waals surface area contributed by atoms with Gasteiger partial charge in [0.2, 0.25) is 0 Å². The van der Waals surface area contributed by atoms with Crippen LogP contribution in [-0.4, -0.2) is 49.2 Å². The summed E-state index contributed by atoms with van der Waals surface area (Å²) in [6, 6.07) is 0. The van der Waals surface area contributed by atoms with Crippen LogP contribution in [0.1, 0.15) is 0 Å². The number of hydrogen-bond acceptors (Lipinski definition) is 4. The monoisotopic (exact) mass is 187 g/mol. The third kappa shape index (κ3) is 1.98. The molecule has 0 saturated carbocycles. The lowest BCUT2D eigenvalue weighted by atomic mass is 9.97. The molecule has 74 valence electrons. The second-order valence-electron chi connectivity index (χ2n) is 3.30. The van der Waals surface area contributed by atoms with Gasteiger partial charge in [0.15, 0.2) is 0 Å². The molecule has 0 aromatic rings. The summed E-state index contributed by atoms with van der Waals surface area (Å²) in [5.74, 6) is -2.51. The predicted octanol–water partition coefficient (Wildman–Crippen LogP) is -0.578. The summed E-state index contributed by atoms with van der Waals surface area (Å²) in [6.45, 7) is 0.874. The molecule has 1 saturated heterocycles. The van der Waals surface area contributed by atoms with E-state index in [1.165, 1.54) is 7.11 Å². The molecule has 13 heavy (non-hydrogen) atoms. The Bertz CT molecular complexity index is 228. The van der Waals surface area contributed by atoms with Crippen LogP contribution in [0.25, 0.3) is 0 Å². The summed E-state index contributed by atoms with van der Waals surface area (Å²) in [5, 5.41) is 8.81. The van der Waals surface area contributed by atoms with Gasteiger partial charge < -0.3 is 14.7 Å². The fourth-order valence-electron chi connectivity index (χ4n) is 1.64. The number of aliphatic carboxylic acids is 1. The standard InChI is InChI=1S/C8H13NO4/c1-9-3-5(7(10)11)6(4-9)8(12)13-2/h5-6H,3-4H2,1-2H3,(H,10,11)/t5-,6-/m1/s1. The van der Waals surface area contributed by atoms with Crippen LogP contribution >= 0.6 is 0 Å². The maximum atomic E-state index is 11.2. The van der Waals surface area contributed by atoms with Crippen molar-refractivity contribution in [3.05, 3.63) is 0 Å². The van der Waals surface area contributed by atoms with Crippen molar-refractivity contribution in [2.45, 2.75) is 0 Å². The molecule has 0 aliphatic carbocycles. The number of nitrogens with zero attached hydrogens (tertiary/aromatic N) is 1. The van der Waals surface area contributed by atoms with E-state index >= 15 is 0 Å². The summed E-state index contributed by atoms with van der Waals surface area (Å²) in [7, 11) is 3.07.